The van der Waals surface area contributed by atoms with Crippen LogP contribution in [-0.4, -0.2) is 22.0 Å². The minimum absolute atomic E-state index is 0.231. The van der Waals surface area contributed by atoms with Gasteiger partial charge in [-0.2, -0.15) is 5.26 Å². The van der Waals surface area contributed by atoms with Gasteiger partial charge < -0.3 is 4.90 Å². The molecule has 0 spiro atoms. The third-order valence-electron chi connectivity index (χ3n) is 2.34. The highest BCUT2D eigenvalue weighted by molar-refractivity contribution is 7.03. The van der Waals surface area contributed by atoms with Crippen molar-refractivity contribution in [2.24, 2.45) is 0 Å². The highest BCUT2D eigenvalue weighted by Crippen LogP contribution is 2.16. The Labute approximate surface area is 108 Å². The zero-order valence-electron chi connectivity index (χ0n) is 9.48. The molecule has 0 atom stereocenters. The van der Waals surface area contributed by atoms with Gasteiger partial charge in [-0.25, -0.2) is 0 Å². The molecule has 18 heavy (non-hydrogen) atoms. The van der Waals surface area contributed by atoms with Gasteiger partial charge in [-0.1, -0.05) is 22.7 Å². The average molecular weight is 258 g/mol. The average Bonchev–Trinajstić information content (AvgIpc) is 2.94. The second-order valence-corrected chi connectivity index (χ2v) is 4.10. The predicted octanol–water partition coefficient (Wildman–Crippen LogP) is 2.10. The molecule has 0 fully saturated rings. The van der Waals surface area contributed by atoms with E-state index in [-0.39, 0.29) is 12.3 Å². The number of nitriles is 1. The number of nitrogens with zero attached hydrogens (tertiary/aromatic N) is 4. The lowest BCUT2D eigenvalue weighted by atomic mass is 10.2. The summed E-state index contributed by atoms with van der Waals surface area (Å²) in [5.74, 6) is -0.231. The molecular formula is C12H10N4OS. The van der Waals surface area contributed by atoms with Gasteiger partial charge in [0, 0.05) is 17.6 Å². The molecule has 2 aromatic rings. The number of benzene rings is 1. The van der Waals surface area contributed by atoms with Crippen molar-refractivity contribution in [3.8, 4) is 6.07 Å². The van der Waals surface area contributed by atoms with E-state index in [1.807, 2.05) is 36.4 Å². The number of hydrogen-bond donors (Lipinski definition) is 0. The Morgan fingerprint density at radius 1 is 1.39 bits per heavy atom. The quantitative estimate of drug-likeness (QED) is 0.842. The monoisotopic (exact) mass is 258 g/mol. The molecule has 2 rings (SSSR count). The summed E-state index contributed by atoms with van der Waals surface area (Å²) in [6.45, 7) is 0.344. The van der Waals surface area contributed by atoms with E-state index in [0.29, 0.717) is 12.2 Å². The van der Waals surface area contributed by atoms with Crippen molar-refractivity contribution in [2.75, 3.05) is 11.4 Å². The standard InChI is InChI=1S/C12H10N4OS/c13-7-4-8-16(10-5-2-1-3-6-10)12(17)11-9-18-15-14-11/h1-3,5-6,9H,4,8H2. The number of rotatable bonds is 4. The number of carbonyl (C=O) groups excluding carboxylic acids is 1. The molecule has 0 aliphatic carbocycles. The molecule has 0 bridgehead atoms. The lowest BCUT2D eigenvalue weighted by Crippen LogP contribution is -2.32. The molecule has 5 nitrogen and oxygen atoms in total. The maximum atomic E-state index is 12.2. The van der Waals surface area contributed by atoms with Crippen molar-refractivity contribution < 1.29 is 4.79 Å². The second kappa shape index (κ2) is 5.89. The summed E-state index contributed by atoms with van der Waals surface area (Å²) in [4.78, 5) is 13.8. The molecule has 1 aromatic heterocycles. The first-order valence-corrected chi connectivity index (χ1v) is 6.17. The van der Waals surface area contributed by atoms with E-state index in [1.54, 1.807) is 10.3 Å². The van der Waals surface area contributed by atoms with Crippen LogP contribution in [0, 0.1) is 11.3 Å². The van der Waals surface area contributed by atoms with Gasteiger partial charge in [0.2, 0.25) is 0 Å². The predicted molar refractivity (Wildman–Crippen MR) is 68.3 cm³/mol. The van der Waals surface area contributed by atoms with E-state index < -0.39 is 0 Å². The van der Waals surface area contributed by atoms with Gasteiger partial charge in [0.1, 0.15) is 0 Å². The normalized spacial score (nSPS) is 9.72. The van der Waals surface area contributed by atoms with Gasteiger partial charge in [0.15, 0.2) is 5.69 Å². The minimum atomic E-state index is -0.231. The summed E-state index contributed by atoms with van der Waals surface area (Å²) >= 11 is 1.13. The van der Waals surface area contributed by atoms with Crippen LogP contribution in [-0.2, 0) is 0 Å². The topological polar surface area (TPSA) is 69.9 Å². The Morgan fingerprint density at radius 2 is 2.17 bits per heavy atom. The van der Waals surface area contributed by atoms with Gasteiger partial charge in [0.05, 0.1) is 12.5 Å². The number of anilines is 1. The van der Waals surface area contributed by atoms with Crippen LogP contribution in [0.1, 0.15) is 16.9 Å². The fourth-order valence-electron chi connectivity index (χ4n) is 1.51. The van der Waals surface area contributed by atoms with Crippen LogP contribution < -0.4 is 4.90 Å². The Kier molecular flexibility index (Phi) is 3.99. The first-order valence-electron chi connectivity index (χ1n) is 5.34. The molecule has 0 unspecified atom stereocenters. The summed E-state index contributed by atoms with van der Waals surface area (Å²) in [6.07, 6.45) is 0.276. The molecule has 0 saturated heterocycles. The van der Waals surface area contributed by atoms with Crippen molar-refractivity contribution in [3.63, 3.8) is 0 Å². The Balaban J connectivity index is 2.26. The fraction of sp³-hybridized carbons (Fsp3) is 0.167. The van der Waals surface area contributed by atoms with Crippen molar-refractivity contribution in [2.45, 2.75) is 6.42 Å². The molecular weight excluding hydrogens is 248 g/mol. The van der Waals surface area contributed by atoms with Crippen molar-refractivity contribution >= 4 is 23.1 Å². The van der Waals surface area contributed by atoms with Crippen LogP contribution in [0.2, 0.25) is 0 Å². The van der Waals surface area contributed by atoms with Crippen LogP contribution in [0.4, 0.5) is 5.69 Å². The van der Waals surface area contributed by atoms with Gasteiger partial charge >= 0.3 is 0 Å². The summed E-state index contributed by atoms with van der Waals surface area (Å²) in [5.41, 5.74) is 1.06. The van der Waals surface area contributed by atoms with Gasteiger partial charge in [0.25, 0.3) is 5.91 Å². The number of carbonyl (C=O) groups is 1. The molecule has 0 N–H and O–H groups in total. The summed E-state index contributed by atoms with van der Waals surface area (Å²) in [6, 6.07) is 11.3. The zero-order valence-corrected chi connectivity index (χ0v) is 10.3. The highest BCUT2D eigenvalue weighted by atomic mass is 32.1. The number of hydrogen-bond acceptors (Lipinski definition) is 5. The zero-order chi connectivity index (χ0) is 12.8. The van der Waals surface area contributed by atoms with E-state index >= 15 is 0 Å². The smallest absolute Gasteiger partial charge is 0.279 e. The lowest BCUT2D eigenvalue weighted by molar-refractivity contribution is 0.0982. The van der Waals surface area contributed by atoms with E-state index in [1.165, 1.54) is 0 Å². The third-order valence-corrected chi connectivity index (χ3v) is 2.84. The molecule has 90 valence electrons. The van der Waals surface area contributed by atoms with E-state index in [0.717, 1.165) is 17.2 Å². The van der Waals surface area contributed by atoms with Crippen LogP contribution >= 0.6 is 11.5 Å². The second-order valence-electron chi connectivity index (χ2n) is 3.49. The Hall–Kier alpha value is -2.26. The maximum Gasteiger partial charge on any atom is 0.279 e. The molecule has 1 amide bonds. The van der Waals surface area contributed by atoms with Gasteiger partial charge in [-0.3, -0.25) is 4.79 Å². The number of para-hydroxylation sites is 1. The largest absolute Gasteiger partial charge is 0.306 e. The lowest BCUT2D eigenvalue weighted by Gasteiger charge is -2.20. The first-order chi connectivity index (χ1) is 8.83. The Morgan fingerprint density at radius 3 is 2.78 bits per heavy atom. The van der Waals surface area contributed by atoms with Crippen LogP contribution in [0.3, 0.4) is 0 Å². The summed E-state index contributed by atoms with van der Waals surface area (Å²) in [7, 11) is 0. The van der Waals surface area contributed by atoms with E-state index in [9.17, 15) is 4.79 Å². The highest BCUT2D eigenvalue weighted by Gasteiger charge is 2.19. The van der Waals surface area contributed by atoms with Crippen LogP contribution in [0.25, 0.3) is 0 Å². The molecule has 1 heterocycles. The summed E-state index contributed by atoms with van der Waals surface area (Å²) < 4.78 is 3.68. The molecule has 1 aromatic carbocycles. The number of amides is 1. The van der Waals surface area contributed by atoms with Gasteiger partial charge in [-0.15, -0.1) is 5.10 Å². The molecule has 0 aliphatic rings. The maximum absolute atomic E-state index is 12.2. The van der Waals surface area contributed by atoms with Crippen molar-refractivity contribution in [1.29, 1.82) is 5.26 Å². The van der Waals surface area contributed by atoms with Crippen LogP contribution in [0.15, 0.2) is 35.7 Å². The fourth-order valence-corrected chi connectivity index (χ4v) is 1.94. The third kappa shape index (κ3) is 2.70. The van der Waals surface area contributed by atoms with E-state index in [4.69, 9.17) is 5.26 Å². The molecule has 0 radical (unpaired) electrons. The summed E-state index contributed by atoms with van der Waals surface area (Å²) in [5, 5.41) is 14.0. The molecule has 6 heteroatoms. The van der Waals surface area contributed by atoms with E-state index in [2.05, 4.69) is 9.59 Å². The minimum Gasteiger partial charge on any atom is -0.306 e. The van der Waals surface area contributed by atoms with Crippen molar-refractivity contribution in [1.82, 2.24) is 9.59 Å². The Bertz CT molecular complexity index is 547. The SMILES string of the molecule is N#CCCN(C(=O)c1csnn1)c1ccccc1. The van der Waals surface area contributed by atoms with Crippen LogP contribution in [0.5, 0.6) is 0 Å². The first kappa shape index (κ1) is 12.2. The molecule has 0 aliphatic heterocycles. The van der Waals surface area contributed by atoms with Gasteiger partial charge in [-0.05, 0) is 23.7 Å². The van der Waals surface area contributed by atoms with Crippen molar-refractivity contribution in [3.05, 3.63) is 41.4 Å². The molecule has 0 saturated carbocycles. The number of aromatic nitrogens is 2.